The number of thioether (sulfide) groups is 1. The first-order valence-electron chi connectivity index (χ1n) is 6.58. The van der Waals surface area contributed by atoms with Crippen LogP contribution in [0.5, 0.6) is 6.01 Å². The van der Waals surface area contributed by atoms with Gasteiger partial charge in [0.05, 0.1) is 24.6 Å². The minimum atomic E-state index is 0.0475. The van der Waals surface area contributed by atoms with Crippen LogP contribution in [0.25, 0.3) is 0 Å². The Morgan fingerprint density at radius 2 is 2.16 bits per heavy atom. The fourth-order valence-electron chi connectivity index (χ4n) is 1.40. The first kappa shape index (κ1) is 14.3. The molecule has 2 heterocycles. The molecule has 0 aliphatic carbocycles. The van der Waals surface area contributed by atoms with Crippen molar-refractivity contribution in [3.8, 4) is 6.01 Å². The first-order chi connectivity index (χ1) is 9.17. The Balaban J connectivity index is 2.09. The number of ether oxygens (including phenoxy) is 2. The average Bonchev–Trinajstić information content (AvgIpc) is 2.30. The highest BCUT2D eigenvalue weighted by atomic mass is 32.2. The molecule has 0 unspecified atom stereocenters. The van der Waals surface area contributed by atoms with Crippen molar-refractivity contribution in [3.63, 3.8) is 0 Å². The van der Waals surface area contributed by atoms with E-state index in [1.165, 1.54) is 0 Å². The van der Waals surface area contributed by atoms with E-state index in [0.717, 1.165) is 26.2 Å². The van der Waals surface area contributed by atoms with Gasteiger partial charge in [0.15, 0.2) is 5.16 Å². The molecule has 0 aromatic carbocycles. The topological polar surface area (TPSA) is 69.2 Å². The smallest absolute Gasteiger partial charge is 0.322 e. The summed E-state index contributed by atoms with van der Waals surface area (Å²) in [5.41, 5.74) is 0. The van der Waals surface area contributed by atoms with Crippen LogP contribution in [0.4, 0.5) is 5.95 Å². The van der Waals surface area contributed by atoms with Crippen molar-refractivity contribution in [1.29, 1.82) is 0 Å². The van der Waals surface area contributed by atoms with Gasteiger partial charge in [-0.05, 0) is 20.3 Å². The Morgan fingerprint density at radius 3 is 2.74 bits per heavy atom. The van der Waals surface area contributed by atoms with Gasteiger partial charge in [-0.1, -0.05) is 18.7 Å². The molecule has 0 radical (unpaired) electrons. The molecule has 1 aliphatic rings. The second kappa shape index (κ2) is 6.91. The molecule has 106 valence electrons. The standard InChI is InChI=1S/C12H20N4O2S/c1-4-5-13-10-14-11(18-8(2)3)16-12(15-10)19-9-6-17-7-9/h8-9H,4-7H2,1-3H3,(H,13,14,15,16). The average molecular weight is 284 g/mol. The van der Waals surface area contributed by atoms with Gasteiger partial charge in [0.25, 0.3) is 0 Å². The minimum absolute atomic E-state index is 0.0475. The number of rotatable bonds is 7. The van der Waals surface area contributed by atoms with E-state index in [1.54, 1.807) is 11.8 Å². The fraction of sp³-hybridized carbons (Fsp3) is 0.750. The molecule has 0 spiro atoms. The Kier molecular flexibility index (Phi) is 5.21. The predicted octanol–water partition coefficient (Wildman–Crippen LogP) is 1.97. The monoisotopic (exact) mass is 284 g/mol. The lowest BCUT2D eigenvalue weighted by molar-refractivity contribution is 0.0454. The third-order valence-corrected chi connectivity index (χ3v) is 3.35. The number of aromatic nitrogens is 3. The highest BCUT2D eigenvalue weighted by Crippen LogP contribution is 2.26. The van der Waals surface area contributed by atoms with Crippen molar-refractivity contribution < 1.29 is 9.47 Å². The largest absolute Gasteiger partial charge is 0.461 e. The summed E-state index contributed by atoms with van der Waals surface area (Å²) in [6.07, 6.45) is 1.07. The van der Waals surface area contributed by atoms with Gasteiger partial charge < -0.3 is 14.8 Å². The highest BCUT2D eigenvalue weighted by Gasteiger charge is 2.22. The summed E-state index contributed by atoms with van der Waals surface area (Å²) in [5, 5.41) is 4.30. The van der Waals surface area contributed by atoms with Crippen LogP contribution in [0.3, 0.4) is 0 Å². The van der Waals surface area contributed by atoms with E-state index in [0.29, 0.717) is 22.4 Å². The Bertz CT molecular complexity index is 413. The summed E-state index contributed by atoms with van der Waals surface area (Å²) < 4.78 is 10.7. The van der Waals surface area contributed by atoms with E-state index in [9.17, 15) is 0 Å². The maximum Gasteiger partial charge on any atom is 0.322 e. The number of nitrogens with zero attached hydrogens (tertiary/aromatic N) is 3. The molecular weight excluding hydrogens is 264 g/mol. The molecule has 0 saturated carbocycles. The van der Waals surface area contributed by atoms with Crippen molar-refractivity contribution >= 4 is 17.7 Å². The van der Waals surface area contributed by atoms with Crippen LogP contribution in [0.1, 0.15) is 27.2 Å². The molecule has 2 rings (SSSR count). The quantitative estimate of drug-likeness (QED) is 0.821. The van der Waals surface area contributed by atoms with Crippen LogP contribution in [0.2, 0.25) is 0 Å². The van der Waals surface area contributed by atoms with Gasteiger partial charge in [-0.2, -0.15) is 15.0 Å². The normalized spacial score (nSPS) is 15.4. The SMILES string of the molecule is CCCNc1nc(OC(C)C)nc(SC2COC2)n1. The third kappa shape index (κ3) is 4.50. The summed E-state index contributed by atoms with van der Waals surface area (Å²) in [4.78, 5) is 13.0. The van der Waals surface area contributed by atoms with Crippen molar-refractivity contribution in [2.75, 3.05) is 25.1 Å². The summed E-state index contributed by atoms with van der Waals surface area (Å²) in [6, 6.07) is 0.381. The van der Waals surface area contributed by atoms with Gasteiger partial charge in [-0.15, -0.1) is 0 Å². The zero-order valence-electron chi connectivity index (χ0n) is 11.5. The van der Waals surface area contributed by atoms with Crippen molar-refractivity contribution in [2.45, 2.75) is 43.7 Å². The summed E-state index contributed by atoms with van der Waals surface area (Å²) in [7, 11) is 0. The van der Waals surface area contributed by atoms with Crippen LogP contribution in [-0.4, -0.2) is 46.1 Å². The predicted molar refractivity (Wildman–Crippen MR) is 74.8 cm³/mol. The van der Waals surface area contributed by atoms with Gasteiger partial charge in [0.1, 0.15) is 0 Å². The van der Waals surface area contributed by atoms with Crippen LogP contribution in [0.15, 0.2) is 5.16 Å². The summed E-state index contributed by atoms with van der Waals surface area (Å²) in [5.74, 6) is 0.579. The van der Waals surface area contributed by atoms with Gasteiger partial charge in [0.2, 0.25) is 5.95 Å². The van der Waals surface area contributed by atoms with Crippen molar-refractivity contribution in [3.05, 3.63) is 0 Å². The van der Waals surface area contributed by atoms with Crippen LogP contribution in [0, 0.1) is 0 Å². The number of hydrogen-bond donors (Lipinski definition) is 1. The molecule has 0 bridgehead atoms. The third-order valence-electron chi connectivity index (χ3n) is 2.35. The fourth-order valence-corrected chi connectivity index (χ4v) is 2.30. The molecule has 0 amide bonds. The highest BCUT2D eigenvalue weighted by molar-refractivity contribution is 7.99. The lowest BCUT2D eigenvalue weighted by atomic mass is 10.4. The van der Waals surface area contributed by atoms with Crippen LogP contribution >= 0.6 is 11.8 Å². The molecule has 1 aromatic heterocycles. The Hall–Kier alpha value is -1.08. The number of hydrogen-bond acceptors (Lipinski definition) is 7. The molecular formula is C12H20N4O2S. The molecule has 1 saturated heterocycles. The molecule has 1 aromatic rings. The van der Waals surface area contributed by atoms with E-state index in [2.05, 4.69) is 27.2 Å². The Labute approximate surface area is 117 Å². The molecule has 1 fully saturated rings. The van der Waals surface area contributed by atoms with E-state index in [-0.39, 0.29) is 6.10 Å². The first-order valence-corrected chi connectivity index (χ1v) is 7.46. The van der Waals surface area contributed by atoms with Gasteiger partial charge in [-0.25, -0.2) is 0 Å². The van der Waals surface area contributed by atoms with Crippen LogP contribution in [-0.2, 0) is 4.74 Å². The second-order valence-corrected chi connectivity index (χ2v) is 5.86. The summed E-state index contributed by atoms with van der Waals surface area (Å²) >= 11 is 1.61. The zero-order chi connectivity index (χ0) is 13.7. The number of anilines is 1. The van der Waals surface area contributed by atoms with Crippen molar-refractivity contribution in [2.24, 2.45) is 0 Å². The van der Waals surface area contributed by atoms with Gasteiger partial charge >= 0.3 is 6.01 Å². The van der Waals surface area contributed by atoms with E-state index >= 15 is 0 Å². The molecule has 1 aliphatic heterocycles. The molecule has 7 heteroatoms. The van der Waals surface area contributed by atoms with E-state index in [1.807, 2.05) is 13.8 Å². The minimum Gasteiger partial charge on any atom is -0.461 e. The maximum absolute atomic E-state index is 5.56. The molecule has 1 N–H and O–H groups in total. The van der Waals surface area contributed by atoms with E-state index in [4.69, 9.17) is 9.47 Å². The second-order valence-electron chi connectivity index (χ2n) is 4.59. The van der Waals surface area contributed by atoms with Gasteiger partial charge in [0, 0.05) is 6.54 Å². The van der Waals surface area contributed by atoms with E-state index < -0.39 is 0 Å². The molecule has 6 nitrogen and oxygen atoms in total. The summed E-state index contributed by atoms with van der Waals surface area (Å²) in [6.45, 7) is 8.36. The zero-order valence-corrected chi connectivity index (χ0v) is 12.4. The van der Waals surface area contributed by atoms with Crippen LogP contribution < -0.4 is 10.1 Å². The Morgan fingerprint density at radius 1 is 1.37 bits per heavy atom. The number of nitrogens with one attached hydrogen (secondary N) is 1. The van der Waals surface area contributed by atoms with Gasteiger partial charge in [-0.3, -0.25) is 0 Å². The maximum atomic E-state index is 5.56. The van der Waals surface area contributed by atoms with Crippen molar-refractivity contribution in [1.82, 2.24) is 15.0 Å². The lowest BCUT2D eigenvalue weighted by Gasteiger charge is -2.24. The molecule has 0 atom stereocenters. The lowest BCUT2D eigenvalue weighted by Crippen LogP contribution is -2.30. The molecule has 19 heavy (non-hydrogen) atoms.